The monoisotopic (exact) mass is 463 g/mol. The first-order valence-corrected chi connectivity index (χ1v) is 13.1. The number of aliphatic hydroxyl groups excluding tert-OH is 1. The normalized spacial score (nSPS) is 40.0. The highest BCUT2D eigenvalue weighted by Crippen LogP contribution is 2.58. The summed E-state index contributed by atoms with van der Waals surface area (Å²) in [6.45, 7) is 10.8. The van der Waals surface area contributed by atoms with Gasteiger partial charge in [0.05, 0.1) is 6.10 Å². The molecule has 4 fully saturated rings. The van der Waals surface area contributed by atoms with Gasteiger partial charge < -0.3 is 15.1 Å². The number of nitrogens with zero attached hydrogens (tertiary/aromatic N) is 1. The maximum atomic E-state index is 13.1. The Morgan fingerprint density at radius 3 is 2.55 bits per heavy atom. The van der Waals surface area contributed by atoms with E-state index >= 15 is 0 Å². The Morgan fingerprint density at radius 2 is 1.85 bits per heavy atom. The molecule has 5 atom stereocenters. The quantitative estimate of drug-likeness (QED) is 0.535. The van der Waals surface area contributed by atoms with Gasteiger partial charge in [0, 0.05) is 13.1 Å². The van der Waals surface area contributed by atoms with E-state index in [1.54, 1.807) is 5.57 Å². The van der Waals surface area contributed by atoms with Gasteiger partial charge in [0.1, 0.15) is 5.60 Å². The van der Waals surface area contributed by atoms with Crippen LogP contribution in [0.3, 0.4) is 0 Å². The molecule has 0 radical (unpaired) electrons. The second kappa shape index (κ2) is 9.91. The van der Waals surface area contributed by atoms with Crippen LogP contribution in [0.5, 0.6) is 0 Å². The predicted octanol–water partition coefficient (Wildman–Crippen LogP) is 5.88. The average molecular weight is 464 g/mol. The van der Waals surface area contributed by atoms with Gasteiger partial charge in [-0.1, -0.05) is 38.2 Å². The van der Waals surface area contributed by atoms with Crippen molar-refractivity contribution in [1.29, 1.82) is 0 Å². The van der Waals surface area contributed by atoms with E-state index in [4.69, 9.17) is 0 Å². The van der Waals surface area contributed by atoms with Crippen LogP contribution in [0.4, 0.5) is 8.78 Å². The molecule has 0 aromatic rings. The van der Waals surface area contributed by atoms with Crippen LogP contribution in [0.15, 0.2) is 35.5 Å². The lowest BCUT2D eigenvalue weighted by Crippen LogP contribution is -2.49. The Bertz CT molecular complexity index is 783. The van der Waals surface area contributed by atoms with Gasteiger partial charge in [0.25, 0.3) is 6.43 Å². The second-order valence-corrected chi connectivity index (χ2v) is 11.6. The number of aliphatic hydroxyl groups is 2. The molecule has 1 saturated heterocycles. The van der Waals surface area contributed by atoms with Gasteiger partial charge in [0.15, 0.2) is 0 Å². The van der Waals surface area contributed by atoms with Crippen LogP contribution in [0.1, 0.15) is 78.1 Å². The van der Waals surface area contributed by atoms with Gasteiger partial charge in [0.2, 0.25) is 0 Å². The second-order valence-electron chi connectivity index (χ2n) is 11.6. The van der Waals surface area contributed by atoms with Gasteiger partial charge >= 0.3 is 0 Å². The molecule has 3 aliphatic carbocycles. The summed E-state index contributed by atoms with van der Waals surface area (Å²) in [5.41, 5.74) is 2.22. The molecule has 0 spiro atoms. The van der Waals surface area contributed by atoms with E-state index in [0.717, 1.165) is 31.4 Å². The Kier molecular flexibility index (Phi) is 7.53. The lowest BCUT2D eigenvalue weighted by molar-refractivity contribution is -0.126. The van der Waals surface area contributed by atoms with Crippen molar-refractivity contribution < 1.29 is 19.0 Å². The maximum Gasteiger partial charge on any atom is 0.266 e. The van der Waals surface area contributed by atoms with Crippen LogP contribution < -0.4 is 0 Å². The fourth-order valence-corrected chi connectivity index (χ4v) is 7.17. The van der Waals surface area contributed by atoms with Crippen LogP contribution in [0, 0.1) is 23.2 Å². The topological polar surface area (TPSA) is 43.7 Å². The Balaban J connectivity index is 1.36. The van der Waals surface area contributed by atoms with Crippen molar-refractivity contribution in [3.8, 4) is 0 Å². The number of fused-ring (bicyclic) bond motifs is 1. The lowest BCUT2D eigenvalue weighted by Gasteiger charge is -2.43. The van der Waals surface area contributed by atoms with E-state index in [9.17, 15) is 19.0 Å². The summed E-state index contributed by atoms with van der Waals surface area (Å²) >= 11 is 0. The zero-order valence-electron chi connectivity index (χ0n) is 20.5. The number of rotatable bonds is 5. The van der Waals surface area contributed by atoms with E-state index in [1.165, 1.54) is 37.7 Å². The zero-order chi connectivity index (χ0) is 23.8. The van der Waals surface area contributed by atoms with Crippen molar-refractivity contribution in [2.75, 3.05) is 19.6 Å². The summed E-state index contributed by atoms with van der Waals surface area (Å²) in [5, 5.41) is 20.4. The lowest BCUT2D eigenvalue weighted by atomic mass is 9.63. The number of halogens is 2. The van der Waals surface area contributed by atoms with Gasteiger partial charge in [-0.3, -0.25) is 0 Å². The van der Waals surface area contributed by atoms with Crippen molar-refractivity contribution in [2.45, 2.75) is 96.2 Å². The molecule has 0 aromatic heterocycles. The van der Waals surface area contributed by atoms with Gasteiger partial charge in [-0.2, -0.15) is 0 Å². The molecule has 4 rings (SSSR count). The van der Waals surface area contributed by atoms with Crippen LogP contribution in [-0.4, -0.2) is 52.9 Å². The first-order chi connectivity index (χ1) is 15.6. The minimum Gasteiger partial charge on any atom is -0.388 e. The number of allylic oxidation sites excluding steroid dienone is 3. The van der Waals surface area contributed by atoms with Gasteiger partial charge in [-0.15, -0.1) is 0 Å². The average Bonchev–Trinajstić information content (AvgIpc) is 3.13. The molecule has 4 aliphatic rings. The first-order valence-electron chi connectivity index (χ1n) is 13.1. The fraction of sp³-hybridized carbons (Fsp3) is 0.786. The van der Waals surface area contributed by atoms with Gasteiger partial charge in [-0.05, 0) is 105 Å². The number of likely N-dealkylation sites (tertiary alicyclic amines) is 1. The SMILES string of the molecule is C=C1/C(=C\C=C2/CCCC3(C)C2CC[C@@H]3CCN2CCC(O)(C(F)F)CC2)CC[C@H](C)C1O. The molecule has 0 aromatic carbocycles. The number of hydrogen-bond acceptors (Lipinski definition) is 3. The third kappa shape index (κ3) is 5.01. The Labute approximate surface area is 198 Å². The third-order valence-corrected chi connectivity index (χ3v) is 9.76. The van der Waals surface area contributed by atoms with Crippen molar-refractivity contribution >= 4 is 0 Å². The molecule has 2 N–H and O–H groups in total. The smallest absolute Gasteiger partial charge is 0.266 e. The van der Waals surface area contributed by atoms with E-state index in [1.807, 2.05) is 0 Å². The van der Waals surface area contributed by atoms with E-state index in [-0.39, 0.29) is 12.8 Å². The molecule has 1 heterocycles. The molecular formula is C28H43F2NO2. The predicted molar refractivity (Wildman–Crippen MR) is 129 cm³/mol. The molecule has 3 unspecified atom stereocenters. The Hall–Kier alpha value is -1.04. The highest BCUT2D eigenvalue weighted by Gasteiger charge is 2.49. The zero-order valence-corrected chi connectivity index (χ0v) is 20.5. The highest BCUT2D eigenvalue weighted by atomic mass is 19.3. The summed E-state index contributed by atoms with van der Waals surface area (Å²) in [6.07, 6.45) is 11.2. The first kappa shape index (κ1) is 25.1. The summed E-state index contributed by atoms with van der Waals surface area (Å²) in [7, 11) is 0. The van der Waals surface area contributed by atoms with Crippen LogP contribution >= 0.6 is 0 Å². The van der Waals surface area contributed by atoms with E-state index in [2.05, 4.69) is 37.5 Å². The van der Waals surface area contributed by atoms with Crippen LogP contribution in [-0.2, 0) is 0 Å². The molecular weight excluding hydrogens is 420 g/mol. The number of piperidine rings is 1. The van der Waals surface area contributed by atoms with Crippen molar-refractivity contribution in [3.05, 3.63) is 35.5 Å². The van der Waals surface area contributed by atoms with Gasteiger partial charge in [-0.25, -0.2) is 8.78 Å². The summed E-state index contributed by atoms with van der Waals surface area (Å²) in [4.78, 5) is 2.28. The summed E-state index contributed by atoms with van der Waals surface area (Å²) < 4.78 is 26.2. The van der Waals surface area contributed by atoms with E-state index in [0.29, 0.717) is 36.3 Å². The number of alkyl halides is 2. The Morgan fingerprint density at radius 1 is 1.12 bits per heavy atom. The molecule has 5 heteroatoms. The summed E-state index contributed by atoms with van der Waals surface area (Å²) in [6, 6.07) is 0. The van der Waals surface area contributed by atoms with Crippen LogP contribution in [0.25, 0.3) is 0 Å². The molecule has 0 bridgehead atoms. The van der Waals surface area contributed by atoms with Crippen molar-refractivity contribution in [3.63, 3.8) is 0 Å². The minimum absolute atomic E-state index is 0.176. The molecule has 3 nitrogen and oxygen atoms in total. The molecule has 186 valence electrons. The van der Waals surface area contributed by atoms with Crippen LogP contribution in [0.2, 0.25) is 0 Å². The number of hydrogen-bond donors (Lipinski definition) is 2. The minimum atomic E-state index is -2.64. The van der Waals surface area contributed by atoms with Crippen molar-refractivity contribution in [2.24, 2.45) is 23.2 Å². The van der Waals surface area contributed by atoms with Crippen molar-refractivity contribution in [1.82, 2.24) is 4.90 Å². The maximum absolute atomic E-state index is 13.1. The van der Waals surface area contributed by atoms with E-state index < -0.39 is 18.1 Å². The molecule has 1 aliphatic heterocycles. The molecule has 3 saturated carbocycles. The third-order valence-electron chi connectivity index (χ3n) is 9.76. The highest BCUT2D eigenvalue weighted by molar-refractivity contribution is 5.38. The largest absolute Gasteiger partial charge is 0.388 e. The summed E-state index contributed by atoms with van der Waals surface area (Å²) in [5.74, 6) is 1.58. The standard InChI is InChI=1S/C28H43F2NO2/c1-19-6-7-21(20(2)25(19)32)8-9-22-5-4-13-27(3)23(10-11-24(22)27)12-16-31-17-14-28(33,15-18-31)26(29)30/h8-9,19,23-26,32-33H,2,4-7,10-18H2,1,3H3/b21-8-,22-9+/t19-,23+,24?,25?,27?/m0/s1. The fourth-order valence-electron chi connectivity index (χ4n) is 7.17. The molecule has 0 amide bonds. The molecule has 33 heavy (non-hydrogen) atoms.